The number of fused-ring (bicyclic) bond motifs is 1. The van der Waals surface area contributed by atoms with Gasteiger partial charge in [0.15, 0.2) is 5.69 Å². The van der Waals surface area contributed by atoms with Crippen molar-refractivity contribution in [1.29, 1.82) is 0 Å². The number of nitrogens with zero attached hydrogens (tertiary/aromatic N) is 2. The molecule has 3 N–H and O–H groups in total. The highest BCUT2D eigenvalue weighted by atomic mass is 127. The molecule has 0 bridgehead atoms. The molecule has 5 nitrogen and oxygen atoms in total. The van der Waals surface area contributed by atoms with Gasteiger partial charge in [-0.25, -0.2) is 4.39 Å². The first-order valence-electron chi connectivity index (χ1n) is 5.74. The third kappa shape index (κ3) is 2.60. The Morgan fingerprint density at radius 2 is 2.21 bits per heavy atom. The summed E-state index contributed by atoms with van der Waals surface area (Å²) in [6.45, 7) is 2.49. The Balaban J connectivity index is 2.52. The zero-order chi connectivity index (χ0) is 14.0. The maximum atomic E-state index is 13.4. The largest absolute Gasteiger partial charge is 0.396 e. The minimum Gasteiger partial charge on any atom is -0.396 e. The highest BCUT2D eigenvalue weighted by molar-refractivity contribution is 14.1. The van der Waals surface area contributed by atoms with E-state index < -0.39 is 0 Å². The third-order valence-electron chi connectivity index (χ3n) is 2.61. The smallest absolute Gasteiger partial charge is 0.273 e. The molecule has 7 heteroatoms. The lowest BCUT2D eigenvalue weighted by molar-refractivity contribution is 0.0949. The van der Waals surface area contributed by atoms with Crippen molar-refractivity contribution in [1.82, 2.24) is 15.5 Å². The summed E-state index contributed by atoms with van der Waals surface area (Å²) < 4.78 is 13.8. The number of aromatic nitrogens is 2. The van der Waals surface area contributed by atoms with Crippen LogP contribution in [-0.4, -0.2) is 22.6 Å². The molecular weight excluding hydrogens is 362 g/mol. The molecule has 0 aliphatic carbocycles. The van der Waals surface area contributed by atoms with E-state index in [1.165, 1.54) is 12.1 Å². The van der Waals surface area contributed by atoms with E-state index in [-0.39, 0.29) is 23.1 Å². The SMILES string of the molecule is CCCNC(=O)c1nnc2c(I)c(F)ccc2c1N. The molecule has 100 valence electrons. The molecule has 0 atom stereocenters. The van der Waals surface area contributed by atoms with Crippen LogP contribution in [0.1, 0.15) is 23.8 Å². The van der Waals surface area contributed by atoms with E-state index in [1.54, 1.807) is 0 Å². The van der Waals surface area contributed by atoms with Gasteiger partial charge in [-0.05, 0) is 41.1 Å². The normalized spacial score (nSPS) is 10.7. The lowest BCUT2D eigenvalue weighted by atomic mass is 10.1. The van der Waals surface area contributed by atoms with E-state index >= 15 is 0 Å². The number of nitrogen functional groups attached to an aromatic ring is 1. The van der Waals surface area contributed by atoms with E-state index in [0.717, 1.165) is 6.42 Å². The summed E-state index contributed by atoms with van der Waals surface area (Å²) in [6, 6.07) is 2.81. The van der Waals surface area contributed by atoms with E-state index in [9.17, 15) is 9.18 Å². The Morgan fingerprint density at radius 1 is 1.47 bits per heavy atom. The summed E-state index contributed by atoms with van der Waals surface area (Å²) in [5.74, 6) is -0.752. The van der Waals surface area contributed by atoms with Gasteiger partial charge in [-0.3, -0.25) is 4.79 Å². The average molecular weight is 374 g/mol. The monoisotopic (exact) mass is 374 g/mol. The molecule has 0 spiro atoms. The first-order chi connectivity index (χ1) is 9.06. The molecule has 0 unspecified atom stereocenters. The number of hydrogen-bond donors (Lipinski definition) is 2. The maximum absolute atomic E-state index is 13.4. The number of rotatable bonds is 3. The summed E-state index contributed by atoms with van der Waals surface area (Å²) in [5.41, 5.74) is 6.58. The highest BCUT2D eigenvalue weighted by Crippen LogP contribution is 2.26. The predicted octanol–water partition coefficient (Wildman–Crippen LogP) is 2.10. The fourth-order valence-corrected chi connectivity index (χ4v) is 2.20. The molecule has 2 aromatic rings. The summed E-state index contributed by atoms with van der Waals surface area (Å²) >= 11 is 1.84. The minimum atomic E-state index is -0.384. The van der Waals surface area contributed by atoms with Crippen LogP contribution in [0.15, 0.2) is 12.1 Å². The molecule has 2 rings (SSSR count). The van der Waals surface area contributed by atoms with E-state index in [2.05, 4.69) is 15.5 Å². The highest BCUT2D eigenvalue weighted by Gasteiger charge is 2.17. The van der Waals surface area contributed by atoms with E-state index in [1.807, 2.05) is 29.5 Å². The Bertz CT molecular complexity index is 647. The molecule has 19 heavy (non-hydrogen) atoms. The predicted molar refractivity (Wildman–Crippen MR) is 79.2 cm³/mol. The van der Waals surface area contributed by atoms with Gasteiger partial charge in [0.2, 0.25) is 0 Å². The van der Waals surface area contributed by atoms with Gasteiger partial charge in [-0.15, -0.1) is 10.2 Å². The average Bonchev–Trinajstić information content (AvgIpc) is 2.41. The van der Waals surface area contributed by atoms with Crippen molar-refractivity contribution in [3.05, 3.63) is 27.2 Å². The second-order valence-corrected chi connectivity index (χ2v) is 5.05. The van der Waals surface area contributed by atoms with Crippen molar-refractivity contribution >= 4 is 45.1 Å². The summed E-state index contributed by atoms with van der Waals surface area (Å²) in [5, 5.41) is 10.9. The number of amides is 1. The fraction of sp³-hybridized carbons (Fsp3) is 0.250. The summed E-state index contributed by atoms with van der Waals surface area (Å²) in [7, 11) is 0. The van der Waals surface area contributed by atoms with Gasteiger partial charge in [-0.1, -0.05) is 6.92 Å². The Labute approximate surface area is 122 Å². The lowest BCUT2D eigenvalue weighted by Gasteiger charge is -2.08. The summed E-state index contributed by atoms with van der Waals surface area (Å²) in [6.07, 6.45) is 0.815. The van der Waals surface area contributed by atoms with E-state index in [4.69, 9.17) is 5.73 Å². The topological polar surface area (TPSA) is 80.9 Å². The molecule has 1 amide bonds. The van der Waals surface area contributed by atoms with Crippen molar-refractivity contribution in [2.45, 2.75) is 13.3 Å². The van der Waals surface area contributed by atoms with E-state index in [0.29, 0.717) is 21.0 Å². The first-order valence-corrected chi connectivity index (χ1v) is 6.82. The second-order valence-electron chi connectivity index (χ2n) is 3.98. The zero-order valence-corrected chi connectivity index (χ0v) is 12.4. The van der Waals surface area contributed by atoms with Crippen LogP contribution in [0.3, 0.4) is 0 Å². The van der Waals surface area contributed by atoms with Crippen LogP contribution >= 0.6 is 22.6 Å². The number of anilines is 1. The van der Waals surface area contributed by atoms with Crippen LogP contribution in [0.5, 0.6) is 0 Å². The minimum absolute atomic E-state index is 0.0726. The molecule has 0 saturated heterocycles. The van der Waals surface area contributed by atoms with Crippen LogP contribution < -0.4 is 11.1 Å². The Morgan fingerprint density at radius 3 is 2.89 bits per heavy atom. The van der Waals surface area contributed by atoms with Gasteiger partial charge in [-0.2, -0.15) is 0 Å². The van der Waals surface area contributed by atoms with Gasteiger partial charge in [0, 0.05) is 11.9 Å². The molecule has 1 aromatic carbocycles. The van der Waals surface area contributed by atoms with Crippen LogP contribution in [0.4, 0.5) is 10.1 Å². The molecule has 0 saturated carbocycles. The van der Waals surface area contributed by atoms with Gasteiger partial charge >= 0.3 is 0 Å². The summed E-state index contributed by atoms with van der Waals surface area (Å²) in [4.78, 5) is 11.9. The molecule has 0 aliphatic rings. The second kappa shape index (κ2) is 5.64. The van der Waals surface area contributed by atoms with Crippen molar-refractivity contribution in [3.63, 3.8) is 0 Å². The molecular formula is C12H12FIN4O. The van der Waals surface area contributed by atoms with Crippen molar-refractivity contribution < 1.29 is 9.18 Å². The lowest BCUT2D eigenvalue weighted by Crippen LogP contribution is -2.26. The number of nitrogens with two attached hydrogens (primary N) is 1. The fourth-order valence-electron chi connectivity index (χ4n) is 1.63. The number of hydrogen-bond acceptors (Lipinski definition) is 4. The van der Waals surface area contributed by atoms with Crippen molar-refractivity contribution in [3.8, 4) is 0 Å². The maximum Gasteiger partial charge on any atom is 0.273 e. The van der Waals surface area contributed by atoms with Gasteiger partial charge in [0.05, 0.1) is 9.26 Å². The van der Waals surface area contributed by atoms with Crippen LogP contribution in [0, 0.1) is 9.39 Å². The van der Waals surface area contributed by atoms with Crippen molar-refractivity contribution in [2.24, 2.45) is 0 Å². The van der Waals surface area contributed by atoms with Gasteiger partial charge in [0.1, 0.15) is 11.3 Å². The third-order valence-corrected chi connectivity index (χ3v) is 3.64. The van der Waals surface area contributed by atoms with Crippen LogP contribution in [0.2, 0.25) is 0 Å². The number of nitrogens with one attached hydrogen (secondary N) is 1. The zero-order valence-electron chi connectivity index (χ0n) is 10.2. The standard InChI is InChI=1S/C12H12FIN4O/c1-2-5-16-12(19)11-9(15)6-3-4-7(13)8(14)10(6)17-18-11/h3-4H,2,5H2,1H3,(H2,15,17)(H,16,19). The number of carbonyl (C=O) groups excluding carboxylic acids is 1. The quantitative estimate of drug-likeness (QED) is 0.807. The van der Waals surface area contributed by atoms with Gasteiger partial charge < -0.3 is 11.1 Å². The molecule has 0 fully saturated rings. The molecule has 0 aliphatic heterocycles. The molecule has 1 aromatic heterocycles. The molecule has 1 heterocycles. The number of halogens is 2. The Hall–Kier alpha value is -1.51. The number of benzene rings is 1. The van der Waals surface area contributed by atoms with Crippen LogP contribution in [0.25, 0.3) is 10.9 Å². The number of carbonyl (C=O) groups is 1. The van der Waals surface area contributed by atoms with Crippen molar-refractivity contribution in [2.75, 3.05) is 12.3 Å². The Kier molecular flexibility index (Phi) is 4.13. The molecule has 0 radical (unpaired) electrons. The van der Waals surface area contributed by atoms with Gasteiger partial charge in [0.25, 0.3) is 5.91 Å². The van der Waals surface area contributed by atoms with Crippen LogP contribution in [-0.2, 0) is 0 Å². The first kappa shape index (κ1) is 13.9.